The van der Waals surface area contributed by atoms with Crippen molar-refractivity contribution < 1.29 is 4.74 Å². The van der Waals surface area contributed by atoms with Gasteiger partial charge >= 0.3 is 0 Å². The molecular weight excluding hydrogens is 116 g/mol. The van der Waals surface area contributed by atoms with E-state index in [1.54, 1.807) is 7.11 Å². The molecule has 0 aliphatic carbocycles. The first kappa shape index (κ1) is 6.55. The molecule has 52 valence electrons. The Balaban J connectivity index is 2.43. The lowest BCUT2D eigenvalue weighted by molar-refractivity contribution is 0.310. The molecular formula is C6H12N2O. The van der Waals surface area contributed by atoms with E-state index in [0.717, 1.165) is 25.5 Å². The number of likely N-dealkylation sites (N-methyl/N-ethyl adjacent to an activating group) is 1. The van der Waals surface area contributed by atoms with Crippen molar-refractivity contribution in [3.05, 3.63) is 0 Å². The third kappa shape index (κ3) is 1.68. The number of hydrogen-bond acceptors (Lipinski definition) is 3. The lowest BCUT2D eigenvalue weighted by Gasteiger charge is -2.20. The van der Waals surface area contributed by atoms with Gasteiger partial charge in [0, 0.05) is 6.54 Å². The fourth-order valence-corrected chi connectivity index (χ4v) is 0.834. The van der Waals surface area contributed by atoms with E-state index in [2.05, 4.69) is 16.9 Å². The zero-order valence-electron chi connectivity index (χ0n) is 5.92. The zero-order chi connectivity index (χ0) is 6.69. The number of rotatable bonds is 0. The Morgan fingerprint density at radius 3 is 2.89 bits per heavy atom. The van der Waals surface area contributed by atoms with Gasteiger partial charge in [0.05, 0.1) is 20.2 Å². The van der Waals surface area contributed by atoms with Crippen LogP contribution >= 0.6 is 0 Å². The van der Waals surface area contributed by atoms with Crippen LogP contribution in [-0.2, 0) is 4.74 Å². The first-order valence-corrected chi connectivity index (χ1v) is 3.09. The summed E-state index contributed by atoms with van der Waals surface area (Å²) in [6.07, 6.45) is 0. The highest BCUT2D eigenvalue weighted by Gasteiger charge is 2.08. The van der Waals surface area contributed by atoms with Crippen LogP contribution in [0.15, 0.2) is 4.99 Å². The van der Waals surface area contributed by atoms with E-state index in [0.29, 0.717) is 0 Å². The molecule has 1 heterocycles. The monoisotopic (exact) mass is 128 g/mol. The molecule has 0 radical (unpaired) electrons. The van der Waals surface area contributed by atoms with Crippen LogP contribution in [0.2, 0.25) is 0 Å². The molecule has 0 amide bonds. The van der Waals surface area contributed by atoms with Crippen molar-refractivity contribution in [2.45, 2.75) is 0 Å². The number of hydrogen-bond donors (Lipinski definition) is 0. The second-order valence-electron chi connectivity index (χ2n) is 2.22. The number of ether oxygens (including phenoxy) is 1. The van der Waals surface area contributed by atoms with Crippen LogP contribution < -0.4 is 0 Å². The first-order chi connectivity index (χ1) is 4.33. The molecule has 1 rings (SSSR count). The van der Waals surface area contributed by atoms with E-state index in [-0.39, 0.29) is 0 Å². The molecule has 0 aromatic rings. The van der Waals surface area contributed by atoms with Crippen molar-refractivity contribution >= 4 is 5.90 Å². The summed E-state index contributed by atoms with van der Waals surface area (Å²) in [4.78, 5) is 6.34. The minimum Gasteiger partial charge on any atom is -0.483 e. The van der Waals surface area contributed by atoms with Gasteiger partial charge in [-0.2, -0.15) is 0 Å². The number of nitrogens with zero attached hydrogens (tertiary/aromatic N) is 2. The van der Waals surface area contributed by atoms with Gasteiger partial charge in [0.2, 0.25) is 0 Å². The fourth-order valence-electron chi connectivity index (χ4n) is 0.834. The quantitative estimate of drug-likeness (QED) is 0.458. The molecule has 1 aliphatic heterocycles. The van der Waals surface area contributed by atoms with Gasteiger partial charge in [0.25, 0.3) is 0 Å². The van der Waals surface area contributed by atoms with Gasteiger partial charge in [-0.05, 0) is 7.05 Å². The molecule has 3 heteroatoms. The second-order valence-corrected chi connectivity index (χ2v) is 2.22. The highest BCUT2D eigenvalue weighted by atomic mass is 16.5. The lowest BCUT2D eigenvalue weighted by Crippen LogP contribution is -2.33. The molecule has 0 atom stereocenters. The summed E-state index contributed by atoms with van der Waals surface area (Å²) in [6, 6.07) is 0. The third-order valence-electron chi connectivity index (χ3n) is 1.41. The van der Waals surface area contributed by atoms with Crippen molar-refractivity contribution in [2.75, 3.05) is 33.8 Å². The van der Waals surface area contributed by atoms with Gasteiger partial charge in [0.1, 0.15) is 0 Å². The van der Waals surface area contributed by atoms with Crippen LogP contribution in [0.1, 0.15) is 0 Å². The summed E-state index contributed by atoms with van der Waals surface area (Å²) < 4.78 is 4.97. The zero-order valence-corrected chi connectivity index (χ0v) is 5.92. The van der Waals surface area contributed by atoms with Crippen LogP contribution in [0.3, 0.4) is 0 Å². The molecule has 0 unspecified atom stereocenters. The topological polar surface area (TPSA) is 24.8 Å². The van der Waals surface area contributed by atoms with Gasteiger partial charge < -0.3 is 4.74 Å². The van der Waals surface area contributed by atoms with E-state index in [9.17, 15) is 0 Å². The molecule has 0 aromatic heterocycles. The standard InChI is InChI=1S/C6H12N2O/c1-8-4-3-7-6(5-8)9-2/h3-5H2,1-2H3. The SMILES string of the molecule is COC1=NCCN(C)C1. The predicted octanol–water partition coefficient (Wildman–Crippen LogP) is -0.0233. The molecule has 3 nitrogen and oxygen atoms in total. The molecule has 0 bridgehead atoms. The highest BCUT2D eigenvalue weighted by molar-refractivity contribution is 5.78. The van der Waals surface area contributed by atoms with Crippen molar-refractivity contribution in [3.63, 3.8) is 0 Å². The highest BCUT2D eigenvalue weighted by Crippen LogP contribution is 1.93. The van der Waals surface area contributed by atoms with Crippen molar-refractivity contribution in [1.29, 1.82) is 0 Å². The smallest absolute Gasteiger partial charge is 0.197 e. The van der Waals surface area contributed by atoms with E-state index in [1.807, 2.05) is 0 Å². The Morgan fingerprint density at radius 2 is 2.44 bits per heavy atom. The Bertz CT molecular complexity index is 122. The van der Waals surface area contributed by atoms with Gasteiger partial charge in [-0.1, -0.05) is 0 Å². The third-order valence-corrected chi connectivity index (χ3v) is 1.41. The Kier molecular flexibility index (Phi) is 2.05. The molecule has 9 heavy (non-hydrogen) atoms. The van der Waals surface area contributed by atoms with E-state index < -0.39 is 0 Å². The van der Waals surface area contributed by atoms with Gasteiger partial charge in [-0.3, -0.25) is 9.89 Å². The first-order valence-electron chi connectivity index (χ1n) is 3.09. The minimum atomic E-state index is 0.851. The number of methoxy groups -OCH3 is 1. The van der Waals surface area contributed by atoms with Crippen LogP contribution in [0.4, 0.5) is 0 Å². The maximum Gasteiger partial charge on any atom is 0.197 e. The number of aliphatic imine (C=N–C) groups is 1. The fraction of sp³-hybridized carbons (Fsp3) is 0.833. The van der Waals surface area contributed by atoms with Crippen LogP contribution in [-0.4, -0.2) is 44.6 Å². The second kappa shape index (κ2) is 2.82. The average molecular weight is 128 g/mol. The largest absolute Gasteiger partial charge is 0.483 e. The van der Waals surface area contributed by atoms with Crippen molar-refractivity contribution in [3.8, 4) is 0 Å². The average Bonchev–Trinajstić information content (AvgIpc) is 1.88. The summed E-state index contributed by atoms with van der Waals surface area (Å²) in [5, 5.41) is 0. The Labute approximate surface area is 55.3 Å². The molecule has 0 aromatic carbocycles. The molecule has 0 saturated carbocycles. The van der Waals surface area contributed by atoms with Crippen molar-refractivity contribution in [2.24, 2.45) is 4.99 Å². The Morgan fingerprint density at radius 1 is 1.67 bits per heavy atom. The van der Waals surface area contributed by atoms with E-state index >= 15 is 0 Å². The molecule has 1 aliphatic rings. The molecule has 0 saturated heterocycles. The minimum absolute atomic E-state index is 0.851. The van der Waals surface area contributed by atoms with Crippen molar-refractivity contribution in [1.82, 2.24) is 4.90 Å². The van der Waals surface area contributed by atoms with E-state index in [1.165, 1.54) is 0 Å². The summed E-state index contributed by atoms with van der Waals surface area (Å²) in [5.41, 5.74) is 0. The van der Waals surface area contributed by atoms with Gasteiger partial charge in [-0.15, -0.1) is 0 Å². The molecule has 0 fully saturated rings. The van der Waals surface area contributed by atoms with Gasteiger partial charge in [0.15, 0.2) is 5.90 Å². The van der Waals surface area contributed by atoms with Gasteiger partial charge in [-0.25, -0.2) is 0 Å². The summed E-state index contributed by atoms with van der Waals surface area (Å²) in [5.74, 6) is 0.851. The van der Waals surface area contributed by atoms with E-state index in [4.69, 9.17) is 4.74 Å². The van der Waals surface area contributed by atoms with Crippen LogP contribution in [0.5, 0.6) is 0 Å². The van der Waals surface area contributed by atoms with Crippen LogP contribution in [0.25, 0.3) is 0 Å². The molecule has 0 spiro atoms. The maximum absolute atomic E-state index is 4.97. The Hall–Kier alpha value is -0.570. The normalized spacial score (nSPS) is 21.3. The predicted molar refractivity (Wildman–Crippen MR) is 36.8 cm³/mol. The van der Waals surface area contributed by atoms with Crippen LogP contribution in [0, 0.1) is 0 Å². The maximum atomic E-state index is 4.97. The lowest BCUT2D eigenvalue weighted by atomic mass is 10.4. The summed E-state index contributed by atoms with van der Waals surface area (Å²) in [6.45, 7) is 2.78. The molecule has 0 N–H and O–H groups in total. The summed E-state index contributed by atoms with van der Waals surface area (Å²) in [7, 11) is 3.73. The summed E-state index contributed by atoms with van der Waals surface area (Å²) >= 11 is 0.